The van der Waals surface area contributed by atoms with Crippen LogP contribution in [0.2, 0.25) is 10.0 Å². The first-order valence-electron chi connectivity index (χ1n) is 9.92. The molecule has 176 valence electrons. The Hall–Kier alpha value is -3.07. The zero-order chi connectivity index (χ0) is 24.7. The quantitative estimate of drug-likeness (QED) is 0.217. The summed E-state index contributed by atoms with van der Waals surface area (Å²) in [6, 6.07) is 15.9. The molecule has 0 heterocycles. The molecule has 0 bridgehead atoms. The van der Waals surface area contributed by atoms with Crippen molar-refractivity contribution >= 4 is 62.8 Å². The number of carbonyl (C=O) groups is 2. The zero-order valence-electron chi connectivity index (χ0n) is 18.2. The van der Waals surface area contributed by atoms with E-state index in [1.165, 1.54) is 25.5 Å². The van der Waals surface area contributed by atoms with E-state index in [1.807, 2.05) is 31.2 Å². The molecule has 0 aliphatic carbocycles. The van der Waals surface area contributed by atoms with Crippen molar-refractivity contribution < 1.29 is 19.1 Å². The maximum Gasteiger partial charge on any atom is 0.329 e. The van der Waals surface area contributed by atoms with Crippen molar-refractivity contribution in [3.63, 3.8) is 0 Å². The van der Waals surface area contributed by atoms with Gasteiger partial charge in [-0.1, -0.05) is 47.5 Å². The topological polar surface area (TPSA) is 89.0 Å². The lowest BCUT2D eigenvalue weighted by molar-refractivity contribution is -0.136. The first kappa shape index (κ1) is 25.6. The van der Waals surface area contributed by atoms with Gasteiger partial charge in [-0.3, -0.25) is 9.59 Å². The van der Waals surface area contributed by atoms with E-state index in [2.05, 4.69) is 31.8 Å². The fourth-order valence-corrected chi connectivity index (χ4v) is 3.78. The smallest absolute Gasteiger partial charge is 0.329 e. The maximum absolute atomic E-state index is 12.1. The Balaban J connectivity index is 1.64. The predicted octanol–water partition coefficient (Wildman–Crippen LogP) is 5.74. The van der Waals surface area contributed by atoms with E-state index in [0.29, 0.717) is 33.2 Å². The van der Waals surface area contributed by atoms with E-state index in [1.54, 1.807) is 18.2 Å². The number of methoxy groups -OCH3 is 1. The third-order valence-electron chi connectivity index (χ3n) is 4.65. The minimum absolute atomic E-state index is 0.216. The van der Waals surface area contributed by atoms with Crippen molar-refractivity contribution in [1.82, 2.24) is 5.43 Å². The second kappa shape index (κ2) is 11.9. The lowest BCUT2D eigenvalue weighted by Crippen LogP contribution is -2.32. The Morgan fingerprint density at radius 1 is 1.09 bits per heavy atom. The van der Waals surface area contributed by atoms with Gasteiger partial charge in [0.2, 0.25) is 0 Å². The molecule has 3 rings (SSSR count). The number of hydrazone groups is 1. The monoisotopic (exact) mass is 563 g/mol. The number of aryl methyl sites for hydroxylation is 1. The van der Waals surface area contributed by atoms with E-state index < -0.39 is 11.8 Å². The summed E-state index contributed by atoms with van der Waals surface area (Å²) in [5.74, 6) is -0.912. The van der Waals surface area contributed by atoms with E-state index >= 15 is 0 Å². The highest BCUT2D eigenvalue weighted by Gasteiger charge is 2.15. The Kier molecular flexibility index (Phi) is 8.92. The molecule has 0 aliphatic rings. The molecule has 0 aromatic heterocycles. The highest BCUT2D eigenvalue weighted by Crippen LogP contribution is 2.37. The third-order valence-corrected chi connectivity index (χ3v) is 5.80. The molecule has 10 heteroatoms. The normalized spacial score (nSPS) is 10.7. The molecular formula is C24H20BrCl2N3O4. The van der Waals surface area contributed by atoms with E-state index in [4.69, 9.17) is 32.7 Å². The van der Waals surface area contributed by atoms with Gasteiger partial charge in [-0.2, -0.15) is 5.10 Å². The first-order chi connectivity index (χ1) is 16.3. The van der Waals surface area contributed by atoms with Crippen LogP contribution in [-0.2, 0) is 16.2 Å². The Bertz CT molecular complexity index is 1250. The number of nitrogens with zero attached hydrogens (tertiary/aromatic N) is 1. The van der Waals surface area contributed by atoms with Gasteiger partial charge in [0, 0.05) is 5.02 Å². The summed E-state index contributed by atoms with van der Waals surface area (Å²) in [5.41, 5.74) is 5.16. The van der Waals surface area contributed by atoms with Gasteiger partial charge in [-0.25, -0.2) is 5.43 Å². The lowest BCUT2D eigenvalue weighted by Gasteiger charge is -2.14. The lowest BCUT2D eigenvalue weighted by atomic mass is 10.1. The van der Waals surface area contributed by atoms with Crippen LogP contribution in [0.5, 0.6) is 11.5 Å². The second-order valence-electron chi connectivity index (χ2n) is 7.03. The number of carbonyl (C=O) groups excluding carboxylic acids is 2. The minimum atomic E-state index is -0.975. The number of rotatable bonds is 7. The highest BCUT2D eigenvalue weighted by molar-refractivity contribution is 9.10. The molecule has 0 fully saturated rings. The van der Waals surface area contributed by atoms with Gasteiger partial charge in [0.05, 0.1) is 28.5 Å². The van der Waals surface area contributed by atoms with Crippen LogP contribution in [0.25, 0.3) is 0 Å². The van der Waals surface area contributed by atoms with Crippen molar-refractivity contribution in [2.45, 2.75) is 13.5 Å². The summed E-state index contributed by atoms with van der Waals surface area (Å²) in [6.45, 7) is 2.39. The number of amides is 2. The summed E-state index contributed by atoms with van der Waals surface area (Å²) in [7, 11) is 1.52. The summed E-state index contributed by atoms with van der Waals surface area (Å²) >= 11 is 15.4. The Morgan fingerprint density at radius 2 is 1.85 bits per heavy atom. The van der Waals surface area contributed by atoms with Crippen molar-refractivity contribution in [2.24, 2.45) is 5.10 Å². The molecule has 0 aliphatic heterocycles. The van der Waals surface area contributed by atoms with Crippen LogP contribution in [-0.4, -0.2) is 25.1 Å². The molecule has 2 amide bonds. The Morgan fingerprint density at radius 3 is 2.59 bits per heavy atom. The van der Waals surface area contributed by atoms with Crippen LogP contribution < -0.4 is 20.2 Å². The fourth-order valence-electron chi connectivity index (χ4n) is 2.86. The molecule has 0 saturated carbocycles. The van der Waals surface area contributed by atoms with Gasteiger partial charge in [0.15, 0.2) is 11.5 Å². The van der Waals surface area contributed by atoms with Crippen LogP contribution in [0.1, 0.15) is 16.7 Å². The number of halogens is 3. The molecule has 2 N–H and O–H groups in total. The van der Waals surface area contributed by atoms with Gasteiger partial charge in [-0.15, -0.1) is 0 Å². The second-order valence-corrected chi connectivity index (χ2v) is 8.72. The molecule has 3 aromatic carbocycles. The molecule has 34 heavy (non-hydrogen) atoms. The minimum Gasteiger partial charge on any atom is -0.493 e. The van der Waals surface area contributed by atoms with Gasteiger partial charge in [0.1, 0.15) is 6.61 Å². The summed E-state index contributed by atoms with van der Waals surface area (Å²) in [4.78, 5) is 24.1. The SMILES string of the molecule is COc1cc(/C=N/NC(=O)C(=O)Nc2cc(Cl)ccc2Cl)cc(Br)c1OCc1ccccc1C. The largest absolute Gasteiger partial charge is 0.493 e. The Labute approximate surface area is 215 Å². The summed E-state index contributed by atoms with van der Waals surface area (Å²) in [5, 5.41) is 6.83. The number of anilines is 1. The molecule has 3 aromatic rings. The van der Waals surface area contributed by atoms with Crippen molar-refractivity contribution in [3.05, 3.63) is 85.8 Å². The molecule has 0 saturated heterocycles. The number of benzene rings is 3. The van der Waals surface area contributed by atoms with Gasteiger partial charge < -0.3 is 14.8 Å². The van der Waals surface area contributed by atoms with Crippen LogP contribution >= 0.6 is 39.1 Å². The van der Waals surface area contributed by atoms with Crippen LogP contribution in [0.15, 0.2) is 64.2 Å². The third kappa shape index (κ3) is 6.72. The molecular weight excluding hydrogens is 545 g/mol. The average Bonchev–Trinajstić information content (AvgIpc) is 2.81. The average molecular weight is 565 g/mol. The summed E-state index contributed by atoms with van der Waals surface area (Å²) in [6.07, 6.45) is 1.37. The number of ether oxygens (including phenoxy) is 2. The van der Waals surface area contributed by atoms with E-state index in [-0.39, 0.29) is 10.7 Å². The fraction of sp³-hybridized carbons (Fsp3) is 0.125. The summed E-state index contributed by atoms with van der Waals surface area (Å²) < 4.78 is 12.1. The first-order valence-corrected chi connectivity index (χ1v) is 11.5. The maximum atomic E-state index is 12.1. The zero-order valence-corrected chi connectivity index (χ0v) is 21.3. The molecule has 0 atom stereocenters. The predicted molar refractivity (Wildman–Crippen MR) is 137 cm³/mol. The van der Waals surface area contributed by atoms with Crippen molar-refractivity contribution in [2.75, 3.05) is 12.4 Å². The highest BCUT2D eigenvalue weighted by atomic mass is 79.9. The van der Waals surface area contributed by atoms with Gasteiger partial charge in [-0.05, 0) is 69.9 Å². The number of hydrogen-bond acceptors (Lipinski definition) is 5. The van der Waals surface area contributed by atoms with E-state index in [9.17, 15) is 9.59 Å². The number of nitrogens with one attached hydrogen (secondary N) is 2. The standard InChI is InChI=1S/C24H20BrCl2N3O4/c1-14-5-3-4-6-16(14)13-34-22-18(25)9-15(10-21(22)33-2)12-28-30-24(32)23(31)29-20-11-17(26)7-8-19(20)27/h3-12H,13H2,1-2H3,(H,29,31)(H,30,32)/b28-12+. The van der Waals surface area contributed by atoms with Crippen LogP contribution in [0, 0.1) is 6.92 Å². The number of hydrogen-bond donors (Lipinski definition) is 2. The molecule has 0 radical (unpaired) electrons. The molecule has 7 nitrogen and oxygen atoms in total. The van der Waals surface area contributed by atoms with Gasteiger partial charge >= 0.3 is 11.8 Å². The molecule has 0 spiro atoms. The van der Waals surface area contributed by atoms with Crippen LogP contribution in [0.3, 0.4) is 0 Å². The molecule has 0 unspecified atom stereocenters. The van der Waals surface area contributed by atoms with E-state index in [0.717, 1.165) is 11.1 Å². The van der Waals surface area contributed by atoms with Crippen LogP contribution in [0.4, 0.5) is 5.69 Å². The van der Waals surface area contributed by atoms with Crippen molar-refractivity contribution in [3.8, 4) is 11.5 Å². The van der Waals surface area contributed by atoms with Gasteiger partial charge in [0.25, 0.3) is 0 Å². The van der Waals surface area contributed by atoms with Crippen molar-refractivity contribution in [1.29, 1.82) is 0 Å².